The van der Waals surface area contributed by atoms with E-state index in [0.29, 0.717) is 5.56 Å². The Morgan fingerprint density at radius 3 is 2.20 bits per heavy atom. The lowest BCUT2D eigenvalue weighted by molar-refractivity contribution is -0.139. The van der Waals surface area contributed by atoms with E-state index in [9.17, 15) is 23.3 Å². The van der Waals surface area contributed by atoms with Crippen molar-refractivity contribution in [2.45, 2.75) is 49.2 Å². The number of carbonyl (C=O) groups excluding carboxylic acids is 2. The largest absolute Gasteiger partial charge is 0.466 e. The third-order valence-corrected chi connectivity index (χ3v) is 9.64. The third kappa shape index (κ3) is 5.39. The van der Waals surface area contributed by atoms with E-state index < -0.39 is 32.9 Å². The second-order valence-electron chi connectivity index (χ2n) is 10.1. The number of anilines is 2. The number of carbonyl (C=O) groups is 2. The molecule has 1 atom stereocenters. The number of sulfone groups is 1. The number of hydrogen-bond acceptors (Lipinski definition) is 10. The van der Waals surface area contributed by atoms with Crippen LogP contribution in [0.25, 0.3) is 0 Å². The maximum Gasteiger partial charge on any atom is 0.355 e. The number of rotatable bonds is 7. The number of ether oxygens (including phenoxy) is 2. The Labute approximate surface area is 240 Å². The zero-order valence-electron chi connectivity index (χ0n) is 23.6. The molecule has 0 saturated carbocycles. The number of methoxy groups -OCH3 is 2. The van der Waals surface area contributed by atoms with Crippen LogP contribution in [0.4, 0.5) is 11.4 Å². The van der Waals surface area contributed by atoms with E-state index in [1.165, 1.54) is 11.0 Å². The van der Waals surface area contributed by atoms with Gasteiger partial charge in [0.05, 0.1) is 53.2 Å². The van der Waals surface area contributed by atoms with Crippen LogP contribution < -0.4 is 15.5 Å². The Bertz CT molecular complexity index is 1550. The molecule has 2 aliphatic heterocycles. The average molecular weight is 579 g/mol. The molecule has 2 N–H and O–H groups in total. The summed E-state index contributed by atoms with van der Waals surface area (Å²) < 4.78 is 37.5. The molecule has 1 unspecified atom stereocenters. The molecule has 4 rings (SSSR count). The Hall–Kier alpha value is -4.30. The van der Waals surface area contributed by atoms with E-state index in [1.807, 2.05) is 0 Å². The molecule has 0 amide bonds. The second kappa shape index (κ2) is 12.1. The minimum absolute atomic E-state index is 0.0412. The van der Waals surface area contributed by atoms with Gasteiger partial charge in [0.25, 0.3) is 0 Å². The van der Waals surface area contributed by atoms with Gasteiger partial charge < -0.3 is 20.1 Å². The summed E-state index contributed by atoms with van der Waals surface area (Å²) in [6.07, 6.45) is 3.05. The first-order valence-electron chi connectivity index (χ1n) is 13.4. The van der Waals surface area contributed by atoms with Crippen LogP contribution >= 0.6 is 0 Å². The highest BCUT2D eigenvalue weighted by atomic mass is 32.2. The van der Waals surface area contributed by atoms with E-state index in [4.69, 9.17) is 15.2 Å². The van der Waals surface area contributed by atoms with Crippen molar-refractivity contribution in [1.82, 2.24) is 0 Å². The summed E-state index contributed by atoms with van der Waals surface area (Å²) in [6, 6.07) is 15.6. The van der Waals surface area contributed by atoms with E-state index in [0.717, 1.165) is 52.3 Å². The van der Waals surface area contributed by atoms with Crippen molar-refractivity contribution in [3.63, 3.8) is 0 Å². The van der Waals surface area contributed by atoms with Gasteiger partial charge >= 0.3 is 11.9 Å². The molecule has 0 spiro atoms. The summed E-state index contributed by atoms with van der Waals surface area (Å²) in [5.41, 5.74) is 7.42. The van der Waals surface area contributed by atoms with Crippen LogP contribution in [-0.4, -0.2) is 52.9 Å². The molecule has 1 fully saturated rings. The first-order chi connectivity index (χ1) is 19.6. The summed E-state index contributed by atoms with van der Waals surface area (Å²) >= 11 is 0. The summed E-state index contributed by atoms with van der Waals surface area (Å²) in [7, 11) is -1.62. The fourth-order valence-electron chi connectivity index (χ4n) is 5.29. The molecule has 2 heterocycles. The average Bonchev–Trinajstić information content (AvgIpc) is 3.00. The fraction of sp³-hybridized carbons (Fsp3) is 0.367. The second-order valence-corrected chi connectivity index (χ2v) is 12.6. The van der Waals surface area contributed by atoms with Crippen molar-refractivity contribution in [3.05, 3.63) is 76.8 Å². The highest BCUT2D eigenvalue weighted by Gasteiger charge is 2.44. The fourth-order valence-corrected chi connectivity index (χ4v) is 6.49. The van der Waals surface area contributed by atoms with Gasteiger partial charge in [0, 0.05) is 18.8 Å². The minimum atomic E-state index is -3.93. The quantitative estimate of drug-likeness (QED) is 0.483. The number of piperidine rings is 1. The number of benzene rings is 2. The van der Waals surface area contributed by atoms with Gasteiger partial charge in [-0.05, 0) is 56.9 Å². The molecule has 216 valence electrons. The zero-order chi connectivity index (χ0) is 29.9. The minimum Gasteiger partial charge on any atom is -0.466 e. The molecule has 10 nitrogen and oxygen atoms in total. The van der Waals surface area contributed by atoms with Gasteiger partial charge in [-0.15, -0.1) is 0 Å². The molecular formula is C30H34N4O6S. The molecule has 2 aliphatic rings. The lowest BCUT2D eigenvalue weighted by Gasteiger charge is -2.37. The Morgan fingerprint density at radius 1 is 1.00 bits per heavy atom. The van der Waals surface area contributed by atoms with Crippen LogP contribution in [0.5, 0.6) is 0 Å². The SMILES string of the molecule is COC(=O)C1=C(C(=O)OC)N(c2cc(N3CCCCC3)ccc2S(=O)(=O)C(C)C)C(N)=C(C#N)C1c1ccccc1. The maximum atomic E-state index is 13.7. The van der Waals surface area contributed by atoms with Crippen LogP contribution in [-0.2, 0) is 28.9 Å². The predicted molar refractivity (Wildman–Crippen MR) is 154 cm³/mol. The molecule has 0 aromatic heterocycles. The van der Waals surface area contributed by atoms with Crippen LogP contribution in [0.15, 0.2) is 76.1 Å². The Kier molecular flexibility index (Phi) is 8.73. The van der Waals surface area contributed by atoms with Gasteiger partial charge in [0.2, 0.25) is 0 Å². The van der Waals surface area contributed by atoms with Gasteiger partial charge in [-0.1, -0.05) is 30.3 Å². The highest BCUT2D eigenvalue weighted by Crippen LogP contribution is 2.45. The molecule has 1 saturated heterocycles. The first kappa shape index (κ1) is 29.7. The van der Waals surface area contributed by atoms with E-state index in [2.05, 4.69) is 11.0 Å². The van der Waals surface area contributed by atoms with E-state index in [-0.39, 0.29) is 33.2 Å². The number of nitrogens with two attached hydrogens (primary N) is 1. The number of hydrogen-bond donors (Lipinski definition) is 1. The van der Waals surface area contributed by atoms with Gasteiger partial charge in [-0.25, -0.2) is 18.0 Å². The molecule has 2 aromatic rings. The number of nitrogens with zero attached hydrogens (tertiary/aromatic N) is 3. The van der Waals surface area contributed by atoms with Crippen molar-refractivity contribution >= 4 is 33.2 Å². The molecule has 41 heavy (non-hydrogen) atoms. The van der Waals surface area contributed by atoms with Crippen LogP contribution in [0.2, 0.25) is 0 Å². The normalized spacial score (nSPS) is 17.9. The van der Waals surface area contributed by atoms with Crippen molar-refractivity contribution in [2.24, 2.45) is 5.73 Å². The van der Waals surface area contributed by atoms with Crippen LogP contribution in [0.3, 0.4) is 0 Å². The monoisotopic (exact) mass is 578 g/mol. The summed E-state index contributed by atoms with van der Waals surface area (Å²) in [4.78, 5) is 30.1. The molecule has 0 radical (unpaired) electrons. The maximum absolute atomic E-state index is 13.7. The number of nitriles is 1. The lowest BCUT2D eigenvalue weighted by Crippen LogP contribution is -2.41. The van der Waals surface area contributed by atoms with Gasteiger partial charge in [0.15, 0.2) is 9.84 Å². The van der Waals surface area contributed by atoms with E-state index in [1.54, 1.807) is 56.3 Å². The highest BCUT2D eigenvalue weighted by molar-refractivity contribution is 7.92. The molecule has 0 aliphatic carbocycles. The first-order valence-corrected chi connectivity index (χ1v) is 14.9. The summed E-state index contributed by atoms with van der Waals surface area (Å²) in [5.74, 6) is -3.08. The third-order valence-electron chi connectivity index (χ3n) is 7.44. The standard InChI is InChI=1S/C30H34N4O6S/c1-19(2)41(37,38)24-14-13-21(33-15-9-6-10-16-33)17-23(24)34-27(30(36)40-4)26(29(35)39-3)25(22(18-31)28(34)32)20-11-7-5-8-12-20/h5,7-8,11-14,17,19,25H,6,9-10,15-16,32H2,1-4H3. The predicted octanol–water partition coefficient (Wildman–Crippen LogP) is 3.76. The van der Waals surface area contributed by atoms with Crippen molar-refractivity contribution in [2.75, 3.05) is 37.1 Å². The van der Waals surface area contributed by atoms with Crippen molar-refractivity contribution < 1.29 is 27.5 Å². The number of allylic oxidation sites excluding steroid dienone is 1. The summed E-state index contributed by atoms with van der Waals surface area (Å²) in [5, 5.41) is 9.55. The van der Waals surface area contributed by atoms with Crippen molar-refractivity contribution in [1.29, 1.82) is 5.26 Å². The number of esters is 2. The van der Waals surface area contributed by atoms with Crippen LogP contribution in [0, 0.1) is 11.3 Å². The van der Waals surface area contributed by atoms with Crippen molar-refractivity contribution in [3.8, 4) is 6.07 Å². The summed E-state index contributed by atoms with van der Waals surface area (Å²) in [6.45, 7) is 4.65. The van der Waals surface area contributed by atoms with E-state index >= 15 is 0 Å². The Balaban J connectivity index is 2.12. The molecule has 11 heteroatoms. The van der Waals surface area contributed by atoms with Gasteiger partial charge in [-0.2, -0.15) is 5.26 Å². The molecular weight excluding hydrogens is 544 g/mol. The zero-order valence-corrected chi connectivity index (χ0v) is 24.4. The Morgan fingerprint density at radius 2 is 1.63 bits per heavy atom. The lowest BCUT2D eigenvalue weighted by atomic mass is 9.81. The molecule has 2 aromatic carbocycles. The van der Waals surface area contributed by atoms with Gasteiger partial charge in [-0.3, -0.25) is 4.90 Å². The molecule has 0 bridgehead atoms. The topological polar surface area (TPSA) is 143 Å². The van der Waals surface area contributed by atoms with Gasteiger partial charge in [0.1, 0.15) is 11.5 Å². The van der Waals surface area contributed by atoms with Crippen LogP contribution in [0.1, 0.15) is 44.6 Å². The smallest absolute Gasteiger partial charge is 0.355 e.